The normalized spacial score (nSPS) is 34.7. The summed E-state index contributed by atoms with van der Waals surface area (Å²) >= 11 is 0. The van der Waals surface area contributed by atoms with Gasteiger partial charge in [0.1, 0.15) is 0 Å². The molecule has 0 amide bonds. The van der Waals surface area contributed by atoms with Gasteiger partial charge in [-0.25, -0.2) is 0 Å². The Bertz CT molecular complexity index is 1190. The van der Waals surface area contributed by atoms with Crippen LogP contribution in [0.5, 0.6) is 11.5 Å². The quantitative estimate of drug-likeness (QED) is 0.560. The number of piperidine rings is 1. The van der Waals surface area contributed by atoms with E-state index in [1.165, 1.54) is 30.4 Å². The molecule has 7 rings (SSSR count). The van der Waals surface area contributed by atoms with Gasteiger partial charge in [-0.2, -0.15) is 0 Å². The lowest BCUT2D eigenvalue weighted by Gasteiger charge is -2.67. The molecule has 2 aliphatic heterocycles. The molecule has 3 fully saturated rings. The van der Waals surface area contributed by atoms with Crippen LogP contribution < -0.4 is 4.74 Å². The summed E-state index contributed by atoms with van der Waals surface area (Å²) in [5.74, 6) is 1.62. The second-order valence-corrected chi connectivity index (χ2v) is 12.0. The van der Waals surface area contributed by atoms with Crippen LogP contribution in [0.25, 0.3) is 0 Å². The van der Waals surface area contributed by atoms with Crippen molar-refractivity contribution in [3.63, 3.8) is 0 Å². The van der Waals surface area contributed by atoms with Crippen LogP contribution in [-0.4, -0.2) is 52.7 Å². The number of rotatable bonds is 7. The van der Waals surface area contributed by atoms with Crippen LogP contribution in [0.15, 0.2) is 42.5 Å². The molecule has 2 aromatic carbocycles. The predicted molar refractivity (Wildman–Crippen MR) is 138 cm³/mol. The molecule has 2 aromatic rings. The number of Topliss-reactive ketones (excluding diaryl/α,β-unsaturated/α-hetero) is 1. The highest BCUT2D eigenvalue weighted by atomic mass is 16.5. The number of likely N-dealkylation sites (tertiary alicyclic amines) is 1. The van der Waals surface area contributed by atoms with E-state index in [1.54, 1.807) is 6.07 Å². The van der Waals surface area contributed by atoms with Crippen LogP contribution in [0.1, 0.15) is 68.6 Å². The summed E-state index contributed by atoms with van der Waals surface area (Å²) in [6.45, 7) is 4.74. The standard InChI is InChI=1S/C31H37NO4/c1-29-26(34)14-15-31(35-18-6-11-21-7-3-2-4-8-21)25-19-23-12-13-24(33)28(36-29)27(23)30(29,31)16-17-32(25)20-22-9-5-10-22/h2-4,7-8,12-13,22,25,33H,5-6,9-11,14-20H2,1H3/t25-,29+,30+,31-/m1/s1. The lowest BCUT2D eigenvalue weighted by Crippen LogP contribution is -2.81. The third kappa shape index (κ3) is 2.87. The van der Waals surface area contributed by atoms with Gasteiger partial charge in [0.25, 0.3) is 0 Å². The average molecular weight is 488 g/mol. The number of nitrogens with zero attached hydrogens (tertiary/aromatic N) is 1. The van der Waals surface area contributed by atoms with Gasteiger partial charge in [-0.15, -0.1) is 0 Å². The molecule has 5 nitrogen and oxygen atoms in total. The van der Waals surface area contributed by atoms with E-state index in [-0.39, 0.29) is 17.6 Å². The molecular weight excluding hydrogens is 450 g/mol. The van der Waals surface area contributed by atoms with Crippen molar-refractivity contribution in [1.82, 2.24) is 4.90 Å². The Morgan fingerprint density at radius 1 is 1.14 bits per heavy atom. The zero-order valence-corrected chi connectivity index (χ0v) is 21.3. The van der Waals surface area contributed by atoms with Crippen LogP contribution in [0.3, 0.4) is 0 Å². The number of benzene rings is 2. The lowest BCUT2D eigenvalue weighted by atomic mass is 9.45. The first-order valence-corrected chi connectivity index (χ1v) is 14.0. The molecule has 3 aliphatic carbocycles. The smallest absolute Gasteiger partial charge is 0.177 e. The SMILES string of the molecule is C[C@@]12Oc3c(O)ccc4c3[C@@]13CCN(CC1CCC1)[C@H](C4)[C@]3(OCCCc1ccccc1)CCC2=O. The monoisotopic (exact) mass is 487 g/mol. The van der Waals surface area contributed by atoms with Crippen molar-refractivity contribution in [2.24, 2.45) is 5.92 Å². The summed E-state index contributed by atoms with van der Waals surface area (Å²) in [5, 5.41) is 10.9. The number of hydrogen-bond acceptors (Lipinski definition) is 5. The minimum absolute atomic E-state index is 0.153. The number of carbonyl (C=O) groups is 1. The van der Waals surface area contributed by atoms with E-state index >= 15 is 0 Å². The van der Waals surface area contributed by atoms with Gasteiger partial charge in [-0.1, -0.05) is 42.8 Å². The summed E-state index contributed by atoms with van der Waals surface area (Å²) < 4.78 is 13.7. The van der Waals surface area contributed by atoms with Crippen molar-refractivity contribution >= 4 is 5.78 Å². The molecule has 0 aromatic heterocycles. The van der Waals surface area contributed by atoms with E-state index in [2.05, 4.69) is 41.3 Å². The number of phenols is 1. The number of aryl methyl sites for hydroxylation is 1. The molecule has 1 N–H and O–H groups in total. The molecule has 5 heteroatoms. The fourth-order valence-corrected chi connectivity index (χ4v) is 8.53. The average Bonchev–Trinajstić information content (AvgIpc) is 3.14. The first kappa shape index (κ1) is 22.8. The van der Waals surface area contributed by atoms with E-state index in [0.717, 1.165) is 56.7 Å². The predicted octanol–water partition coefficient (Wildman–Crippen LogP) is 4.96. The minimum atomic E-state index is -0.998. The number of hydrogen-bond donors (Lipinski definition) is 1. The third-order valence-corrected chi connectivity index (χ3v) is 10.4. The molecule has 2 saturated carbocycles. The fourth-order valence-electron chi connectivity index (χ4n) is 8.53. The van der Waals surface area contributed by atoms with Crippen molar-refractivity contribution in [1.29, 1.82) is 0 Å². The van der Waals surface area contributed by atoms with E-state index in [1.807, 2.05) is 6.92 Å². The lowest BCUT2D eigenvalue weighted by molar-refractivity contribution is -0.232. The number of carbonyl (C=O) groups excluding carboxylic acids is 1. The van der Waals surface area contributed by atoms with Crippen molar-refractivity contribution in [3.8, 4) is 11.5 Å². The number of phenolic OH excluding ortho intramolecular Hbond substituents is 1. The highest BCUT2D eigenvalue weighted by Gasteiger charge is 2.78. The summed E-state index contributed by atoms with van der Waals surface area (Å²) in [6, 6.07) is 14.7. The molecule has 36 heavy (non-hydrogen) atoms. The summed E-state index contributed by atoms with van der Waals surface area (Å²) in [7, 11) is 0. The molecule has 0 radical (unpaired) electrons. The topological polar surface area (TPSA) is 59.0 Å². The highest BCUT2D eigenvalue weighted by Crippen LogP contribution is 2.69. The van der Waals surface area contributed by atoms with Gasteiger partial charge < -0.3 is 14.6 Å². The third-order valence-electron chi connectivity index (χ3n) is 10.4. The van der Waals surface area contributed by atoms with Crippen molar-refractivity contribution < 1.29 is 19.4 Å². The first-order chi connectivity index (χ1) is 17.5. The zero-order valence-electron chi connectivity index (χ0n) is 21.3. The fraction of sp³-hybridized carbons (Fsp3) is 0.581. The maximum absolute atomic E-state index is 13.6. The van der Waals surface area contributed by atoms with Crippen molar-refractivity contribution in [2.75, 3.05) is 19.7 Å². The van der Waals surface area contributed by atoms with Crippen LogP contribution >= 0.6 is 0 Å². The van der Waals surface area contributed by atoms with E-state index in [0.29, 0.717) is 18.8 Å². The number of aromatic hydroxyl groups is 1. The maximum atomic E-state index is 13.6. The Balaban J connectivity index is 1.30. The molecule has 190 valence electrons. The van der Waals surface area contributed by atoms with E-state index in [9.17, 15) is 9.90 Å². The Morgan fingerprint density at radius 3 is 2.75 bits per heavy atom. The van der Waals surface area contributed by atoms with Gasteiger partial charge in [0.2, 0.25) is 0 Å². The Hall–Kier alpha value is -2.37. The first-order valence-electron chi connectivity index (χ1n) is 14.0. The van der Waals surface area contributed by atoms with Crippen LogP contribution in [0.2, 0.25) is 0 Å². The largest absolute Gasteiger partial charge is 0.504 e. The molecule has 2 heterocycles. The highest BCUT2D eigenvalue weighted by molar-refractivity contribution is 5.94. The summed E-state index contributed by atoms with van der Waals surface area (Å²) in [6.07, 6.45) is 8.86. The van der Waals surface area contributed by atoms with E-state index in [4.69, 9.17) is 9.47 Å². The van der Waals surface area contributed by atoms with Crippen LogP contribution in [-0.2, 0) is 27.8 Å². The van der Waals surface area contributed by atoms with Gasteiger partial charge in [0, 0.05) is 31.2 Å². The molecule has 5 aliphatic rings. The van der Waals surface area contributed by atoms with Gasteiger partial charge in [-0.05, 0) is 81.5 Å². The Morgan fingerprint density at radius 2 is 1.97 bits per heavy atom. The Labute approximate surface area is 213 Å². The van der Waals surface area contributed by atoms with Gasteiger partial charge in [-0.3, -0.25) is 9.69 Å². The van der Waals surface area contributed by atoms with Gasteiger partial charge in [0.15, 0.2) is 22.9 Å². The number of ether oxygens (including phenoxy) is 2. The molecule has 1 spiro atoms. The second-order valence-electron chi connectivity index (χ2n) is 12.0. The minimum Gasteiger partial charge on any atom is -0.504 e. The molecular formula is C31H37NO4. The van der Waals surface area contributed by atoms with Crippen molar-refractivity contribution in [2.45, 2.75) is 87.4 Å². The van der Waals surface area contributed by atoms with Crippen LogP contribution in [0.4, 0.5) is 0 Å². The molecule has 4 atom stereocenters. The van der Waals surface area contributed by atoms with Gasteiger partial charge >= 0.3 is 0 Å². The van der Waals surface area contributed by atoms with E-state index < -0.39 is 16.6 Å². The van der Waals surface area contributed by atoms with Crippen molar-refractivity contribution in [3.05, 3.63) is 59.2 Å². The Kier molecular flexibility index (Phi) is 5.11. The molecule has 2 bridgehead atoms. The van der Waals surface area contributed by atoms with Crippen LogP contribution in [0, 0.1) is 5.92 Å². The zero-order chi connectivity index (χ0) is 24.5. The second kappa shape index (κ2) is 8.06. The molecule has 1 saturated heterocycles. The summed E-state index contributed by atoms with van der Waals surface area (Å²) in [5.41, 5.74) is 1.60. The summed E-state index contributed by atoms with van der Waals surface area (Å²) in [4.78, 5) is 16.4. The number of ketones is 1. The van der Waals surface area contributed by atoms with Gasteiger partial charge in [0.05, 0.1) is 11.0 Å². The molecule has 0 unspecified atom stereocenters. The maximum Gasteiger partial charge on any atom is 0.177 e.